The highest BCUT2D eigenvalue weighted by Gasteiger charge is 2.16. The van der Waals surface area contributed by atoms with Gasteiger partial charge in [-0.25, -0.2) is 0 Å². The van der Waals surface area contributed by atoms with E-state index in [1.165, 1.54) is 33.9 Å². The summed E-state index contributed by atoms with van der Waals surface area (Å²) in [4.78, 5) is 12.4. The monoisotopic (exact) mass is 428 g/mol. The summed E-state index contributed by atoms with van der Waals surface area (Å²) >= 11 is 2.88. The van der Waals surface area contributed by atoms with Crippen molar-refractivity contribution in [2.75, 3.05) is 24.2 Å². The largest absolute Gasteiger partial charge is 0.376 e. The minimum atomic E-state index is -0.0502. The van der Waals surface area contributed by atoms with Crippen LogP contribution < -0.4 is 10.6 Å². The third kappa shape index (κ3) is 5.46. The second-order valence-electron chi connectivity index (χ2n) is 7.07. The van der Waals surface area contributed by atoms with Crippen molar-refractivity contribution >= 4 is 44.9 Å². The average molecular weight is 429 g/mol. The summed E-state index contributed by atoms with van der Waals surface area (Å²) in [6, 6.07) is 14.5. The van der Waals surface area contributed by atoms with E-state index < -0.39 is 0 Å². The van der Waals surface area contributed by atoms with E-state index in [-0.39, 0.29) is 18.1 Å². The minimum absolute atomic E-state index is 0.0141. The Morgan fingerprint density at radius 2 is 2.14 bits per heavy atom. The third-order valence-corrected chi connectivity index (χ3v) is 6.90. The van der Waals surface area contributed by atoms with Crippen LogP contribution in [-0.4, -0.2) is 41.1 Å². The molecule has 1 aromatic heterocycles. The van der Waals surface area contributed by atoms with Gasteiger partial charge in [-0.15, -0.1) is 10.2 Å². The first kappa shape index (κ1) is 20.1. The Bertz CT molecular complexity index is 972. The van der Waals surface area contributed by atoms with Crippen molar-refractivity contribution in [3.05, 3.63) is 48.0 Å². The van der Waals surface area contributed by atoms with Gasteiger partial charge in [-0.05, 0) is 42.2 Å². The Morgan fingerprint density at radius 1 is 1.28 bits per heavy atom. The van der Waals surface area contributed by atoms with E-state index >= 15 is 0 Å². The van der Waals surface area contributed by atoms with Crippen molar-refractivity contribution in [3.8, 4) is 0 Å². The molecule has 6 nitrogen and oxygen atoms in total. The fraction of sp³-hybridized carbons (Fsp3) is 0.381. The molecule has 1 aliphatic heterocycles. The smallest absolute Gasteiger partial charge is 0.230 e. The summed E-state index contributed by atoms with van der Waals surface area (Å²) in [5.74, 6) is 0.304. The van der Waals surface area contributed by atoms with Gasteiger partial charge in [0.15, 0.2) is 4.34 Å². The summed E-state index contributed by atoms with van der Waals surface area (Å²) in [6.07, 6.45) is 2.47. The zero-order chi connectivity index (χ0) is 20.1. The van der Waals surface area contributed by atoms with E-state index in [4.69, 9.17) is 4.74 Å². The number of benzene rings is 2. The van der Waals surface area contributed by atoms with Crippen LogP contribution in [0.25, 0.3) is 10.8 Å². The van der Waals surface area contributed by atoms with Crippen LogP contribution in [0.15, 0.2) is 46.8 Å². The zero-order valence-electron chi connectivity index (χ0n) is 16.3. The number of carbonyl (C=O) groups is 1. The number of carbonyl (C=O) groups excluding carboxylic acids is 1. The van der Waals surface area contributed by atoms with E-state index in [2.05, 4.69) is 51.2 Å². The fourth-order valence-electron chi connectivity index (χ4n) is 3.32. The second-order valence-corrected chi connectivity index (χ2v) is 9.27. The lowest BCUT2D eigenvalue weighted by molar-refractivity contribution is -0.119. The standard InChI is InChI=1S/C21H24N4O2S2/c1-14(16-9-8-15-5-2-3-6-17(15)11-16)23-19(26)13-28-21-25-24-20(29-21)22-12-18-7-4-10-27-18/h2-3,5-6,8-9,11,14,18H,4,7,10,12-13H2,1H3,(H,22,24)(H,23,26)/t14-,18-/m1/s1. The van der Waals surface area contributed by atoms with Crippen LogP contribution in [0.1, 0.15) is 31.4 Å². The van der Waals surface area contributed by atoms with Crippen LogP contribution in [0.2, 0.25) is 0 Å². The lowest BCUT2D eigenvalue weighted by Gasteiger charge is -2.14. The van der Waals surface area contributed by atoms with E-state index in [9.17, 15) is 4.79 Å². The molecule has 1 fully saturated rings. The minimum Gasteiger partial charge on any atom is -0.376 e. The Balaban J connectivity index is 1.25. The molecule has 152 valence electrons. The van der Waals surface area contributed by atoms with Gasteiger partial charge in [0.1, 0.15) is 0 Å². The maximum absolute atomic E-state index is 12.4. The molecule has 0 bridgehead atoms. The average Bonchev–Trinajstić information content (AvgIpc) is 3.42. The maximum Gasteiger partial charge on any atom is 0.230 e. The van der Waals surface area contributed by atoms with Gasteiger partial charge in [0, 0.05) is 13.2 Å². The zero-order valence-corrected chi connectivity index (χ0v) is 17.9. The Hall–Kier alpha value is -2.16. The highest BCUT2D eigenvalue weighted by molar-refractivity contribution is 8.01. The molecule has 2 heterocycles. The van der Waals surface area contributed by atoms with Crippen LogP contribution in [0, 0.1) is 0 Å². The molecule has 0 unspecified atom stereocenters. The van der Waals surface area contributed by atoms with Gasteiger partial charge >= 0.3 is 0 Å². The molecule has 4 rings (SSSR count). The second kappa shape index (κ2) is 9.56. The first-order chi connectivity index (χ1) is 14.2. The molecule has 1 aliphatic rings. The van der Waals surface area contributed by atoms with Crippen molar-refractivity contribution in [2.45, 2.75) is 36.3 Å². The van der Waals surface area contributed by atoms with E-state index in [0.29, 0.717) is 5.75 Å². The lowest BCUT2D eigenvalue weighted by atomic mass is 10.0. The van der Waals surface area contributed by atoms with Crippen molar-refractivity contribution in [1.29, 1.82) is 0 Å². The van der Waals surface area contributed by atoms with Crippen LogP contribution in [0.4, 0.5) is 5.13 Å². The first-order valence-electron chi connectivity index (χ1n) is 9.77. The molecule has 1 amide bonds. The van der Waals surface area contributed by atoms with Gasteiger partial charge in [-0.3, -0.25) is 4.79 Å². The number of nitrogens with one attached hydrogen (secondary N) is 2. The van der Waals surface area contributed by atoms with Crippen molar-refractivity contribution in [1.82, 2.24) is 15.5 Å². The predicted octanol–water partition coefficient (Wildman–Crippen LogP) is 4.25. The molecule has 1 saturated heterocycles. The van der Waals surface area contributed by atoms with Crippen molar-refractivity contribution in [2.24, 2.45) is 0 Å². The maximum atomic E-state index is 12.4. The van der Waals surface area contributed by atoms with E-state index in [0.717, 1.165) is 41.0 Å². The molecule has 3 aromatic rings. The van der Waals surface area contributed by atoms with Crippen molar-refractivity contribution < 1.29 is 9.53 Å². The van der Waals surface area contributed by atoms with Crippen molar-refractivity contribution in [3.63, 3.8) is 0 Å². The number of hydrogen-bond acceptors (Lipinski definition) is 7. The Morgan fingerprint density at radius 3 is 2.97 bits per heavy atom. The number of rotatable bonds is 8. The molecule has 8 heteroatoms. The molecule has 0 aliphatic carbocycles. The fourth-order valence-corrected chi connectivity index (χ4v) is 4.89. The normalized spacial score (nSPS) is 17.3. The predicted molar refractivity (Wildman–Crippen MR) is 119 cm³/mol. The SMILES string of the molecule is C[C@@H](NC(=O)CSc1nnc(NC[C@H]2CCCO2)s1)c1ccc2ccccc2c1. The molecule has 0 radical (unpaired) electrons. The number of ether oxygens (including phenoxy) is 1. The van der Waals surface area contributed by atoms with Gasteiger partial charge < -0.3 is 15.4 Å². The Labute approximate surface area is 178 Å². The van der Waals surface area contributed by atoms with Crippen LogP contribution >= 0.6 is 23.1 Å². The molecule has 2 atom stereocenters. The summed E-state index contributed by atoms with van der Waals surface area (Å²) < 4.78 is 6.38. The quantitative estimate of drug-likeness (QED) is 0.523. The van der Waals surface area contributed by atoms with Gasteiger partial charge in [0.2, 0.25) is 11.0 Å². The molecular weight excluding hydrogens is 404 g/mol. The number of hydrogen-bond donors (Lipinski definition) is 2. The Kier molecular flexibility index (Phi) is 6.63. The van der Waals surface area contributed by atoms with Gasteiger partial charge in [-0.1, -0.05) is 59.5 Å². The summed E-state index contributed by atoms with van der Waals surface area (Å²) in [7, 11) is 0. The summed E-state index contributed by atoms with van der Waals surface area (Å²) in [5, 5.41) is 17.8. The highest BCUT2D eigenvalue weighted by Crippen LogP contribution is 2.26. The van der Waals surface area contributed by atoms with Crippen LogP contribution in [0.5, 0.6) is 0 Å². The number of amides is 1. The number of thioether (sulfide) groups is 1. The summed E-state index contributed by atoms with van der Waals surface area (Å²) in [5.41, 5.74) is 1.10. The molecular formula is C21H24N4O2S2. The van der Waals surface area contributed by atoms with Gasteiger partial charge in [-0.2, -0.15) is 0 Å². The molecule has 2 N–H and O–H groups in total. The molecule has 2 aromatic carbocycles. The van der Waals surface area contributed by atoms with Crippen LogP contribution in [-0.2, 0) is 9.53 Å². The topological polar surface area (TPSA) is 76.1 Å². The first-order valence-corrected chi connectivity index (χ1v) is 11.6. The molecule has 29 heavy (non-hydrogen) atoms. The third-order valence-electron chi connectivity index (χ3n) is 4.89. The number of fused-ring (bicyclic) bond motifs is 1. The van der Waals surface area contributed by atoms with Gasteiger partial charge in [0.05, 0.1) is 17.9 Å². The van der Waals surface area contributed by atoms with Gasteiger partial charge in [0.25, 0.3) is 0 Å². The molecule has 0 spiro atoms. The van der Waals surface area contributed by atoms with Crippen LogP contribution in [0.3, 0.4) is 0 Å². The highest BCUT2D eigenvalue weighted by atomic mass is 32.2. The molecule has 0 saturated carbocycles. The number of nitrogens with zero attached hydrogens (tertiary/aromatic N) is 2. The van der Waals surface area contributed by atoms with E-state index in [1.54, 1.807) is 0 Å². The van der Waals surface area contributed by atoms with E-state index in [1.807, 2.05) is 19.1 Å². The lowest BCUT2D eigenvalue weighted by Crippen LogP contribution is -2.28. The number of anilines is 1. The summed E-state index contributed by atoms with van der Waals surface area (Å²) in [6.45, 7) is 3.60. The number of aromatic nitrogens is 2.